The molecule has 7 heteroatoms. The molecule has 0 unspecified atom stereocenters. The van der Waals surface area contributed by atoms with Crippen molar-refractivity contribution in [2.24, 2.45) is 0 Å². The Bertz CT molecular complexity index is 1180. The highest BCUT2D eigenvalue weighted by atomic mass is 32.2. The zero-order chi connectivity index (χ0) is 20.8. The van der Waals surface area contributed by atoms with E-state index in [4.69, 9.17) is 0 Å². The highest BCUT2D eigenvalue weighted by Crippen LogP contribution is 2.33. The van der Waals surface area contributed by atoms with Gasteiger partial charge in [-0.2, -0.15) is 0 Å². The minimum Gasteiger partial charge on any atom is -0.308 e. The smallest absolute Gasteiger partial charge is 0.258 e. The second kappa shape index (κ2) is 7.39. The molecule has 0 bridgehead atoms. The molecule has 0 saturated heterocycles. The summed E-state index contributed by atoms with van der Waals surface area (Å²) in [5.74, 6) is -0.116. The van der Waals surface area contributed by atoms with Crippen molar-refractivity contribution < 1.29 is 13.2 Å². The first-order valence-electron chi connectivity index (χ1n) is 9.48. The molecule has 150 valence electrons. The zero-order valence-corrected chi connectivity index (χ0v) is 18.2. The van der Waals surface area contributed by atoms with Gasteiger partial charge in [-0.1, -0.05) is 6.07 Å². The van der Waals surface area contributed by atoms with Crippen molar-refractivity contribution in [2.75, 3.05) is 11.4 Å². The summed E-state index contributed by atoms with van der Waals surface area (Å²) >= 11 is 1.62. The van der Waals surface area contributed by atoms with Crippen LogP contribution in [-0.4, -0.2) is 31.1 Å². The van der Waals surface area contributed by atoms with Gasteiger partial charge in [0.15, 0.2) is 9.84 Å². The fourth-order valence-corrected chi connectivity index (χ4v) is 5.17. The molecule has 0 radical (unpaired) electrons. The Hall–Kier alpha value is -2.51. The average molecular weight is 427 g/mol. The lowest BCUT2D eigenvalue weighted by molar-refractivity contribution is 0.0989. The topological polar surface area (TPSA) is 67.3 Å². The number of hydrogen-bond donors (Lipinski definition) is 0. The molecule has 0 spiro atoms. The molecule has 3 aromatic rings. The predicted molar refractivity (Wildman–Crippen MR) is 116 cm³/mol. The van der Waals surface area contributed by atoms with Crippen molar-refractivity contribution in [3.05, 3.63) is 64.0 Å². The van der Waals surface area contributed by atoms with Crippen LogP contribution in [0.4, 0.5) is 5.69 Å². The summed E-state index contributed by atoms with van der Waals surface area (Å²) in [4.78, 5) is 19.6. The van der Waals surface area contributed by atoms with Crippen LogP contribution in [0.15, 0.2) is 52.7 Å². The van der Waals surface area contributed by atoms with Crippen LogP contribution in [0.5, 0.6) is 0 Å². The Labute approximate surface area is 175 Å². The number of aryl methyl sites for hydroxylation is 1. The van der Waals surface area contributed by atoms with Gasteiger partial charge in [-0.3, -0.25) is 4.79 Å². The van der Waals surface area contributed by atoms with Gasteiger partial charge in [0.1, 0.15) is 0 Å². The Kier molecular flexibility index (Phi) is 5.04. The molecule has 1 aromatic heterocycles. The van der Waals surface area contributed by atoms with E-state index >= 15 is 0 Å². The molecule has 0 saturated carbocycles. The highest BCUT2D eigenvalue weighted by molar-refractivity contribution is 7.92. The van der Waals surface area contributed by atoms with Crippen LogP contribution in [0, 0.1) is 6.92 Å². The molecule has 0 aliphatic carbocycles. The molecule has 5 nitrogen and oxygen atoms in total. The van der Waals surface area contributed by atoms with Crippen molar-refractivity contribution >= 4 is 32.8 Å². The molecule has 4 rings (SSSR count). The van der Waals surface area contributed by atoms with Gasteiger partial charge in [0.25, 0.3) is 5.91 Å². The number of thiazole rings is 1. The Morgan fingerprint density at radius 1 is 1.14 bits per heavy atom. The van der Waals surface area contributed by atoms with E-state index < -0.39 is 15.1 Å². The SMILES string of the molecule is Cc1nc(-c2ccc3c(c2)CCN3C(=O)c2ccc(S(=O)(=O)C(C)C)cc2)cs1. The minimum absolute atomic E-state index is 0.116. The standard InChI is InChI=1S/C22H22N2O3S2/c1-14(2)29(26,27)19-7-4-16(5-8-19)22(25)24-11-10-18-12-17(6-9-21(18)24)20-13-28-15(3)23-20/h4-9,12-14H,10-11H2,1-3H3. The number of sulfone groups is 1. The third-order valence-electron chi connectivity index (χ3n) is 5.19. The van der Waals surface area contributed by atoms with Crippen LogP contribution >= 0.6 is 11.3 Å². The van der Waals surface area contributed by atoms with E-state index in [2.05, 4.69) is 11.1 Å². The van der Waals surface area contributed by atoms with Gasteiger partial charge in [-0.05, 0) is 69.2 Å². The Balaban J connectivity index is 1.59. The number of nitrogens with zero attached hydrogens (tertiary/aromatic N) is 2. The van der Waals surface area contributed by atoms with E-state index in [1.165, 1.54) is 12.1 Å². The van der Waals surface area contributed by atoms with E-state index in [0.717, 1.165) is 33.9 Å². The normalized spacial score (nSPS) is 13.7. The van der Waals surface area contributed by atoms with Crippen LogP contribution < -0.4 is 4.90 Å². The summed E-state index contributed by atoms with van der Waals surface area (Å²) in [5, 5.41) is 2.58. The minimum atomic E-state index is -3.35. The Morgan fingerprint density at radius 2 is 1.86 bits per heavy atom. The summed E-state index contributed by atoms with van der Waals surface area (Å²) in [5.41, 5.74) is 4.54. The maximum absolute atomic E-state index is 13.0. The van der Waals surface area contributed by atoms with Crippen molar-refractivity contribution in [3.8, 4) is 11.3 Å². The summed E-state index contributed by atoms with van der Waals surface area (Å²) in [6.45, 7) is 5.90. The van der Waals surface area contributed by atoms with Crippen molar-refractivity contribution in [2.45, 2.75) is 37.3 Å². The summed E-state index contributed by atoms with van der Waals surface area (Å²) in [7, 11) is -3.35. The summed E-state index contributed by atoms with van der Waals surface area (Å²) < 4.78 is 24.6. The number of anilines is 1. The molecular weight excluding hydrogens is 404 g/mol. The quantitative estimate of drug-likeness (QED) is 0.616. The zero-order valence-electron chi connectivity index (χ0n) is 16.5. The fourth-order valence-electron chi connectivity index (χ4n) is 3.48. The van der Waals surface area contributed by atoms with Crippen LogP contribution in [0.1, 0.15) is 34.8 Å². The van der Waals surface area contributed by atoms with Crippen molar-refractivity contribution in [1.82, 2.24) is 4.98 Å². The van der Waals surface area contributed by atoms with Crippen LogP contribution in [-0.2, 0) is 16.3 Å². The number of aromatic nitrogens is 1. The fraction of sp³-hybridized carbons (Fsp3) is 0.273. The van der Waals surface area contributed by atoms with Gasteiger partial charge in [0.2, 0.25) is 0 Å². The number of carbonyl (C=O) groups excluding carboxylic acids is 1. The number of amides is 1. The molecule has 29 heavy (non-hydrogen) atoms. The summed E-state index contributed by atoms with van der Waals surface area (Å²) in [6, 6.07) is 12.3. The third-order valence-corrected chi connectivity index (χ3v) is 8.13. The average Bonchev–Trinajstić information content (AvgIpc) is 3.33. The van der Waals surface area contributed by atoms with Gasteiger partial charge < -0.3 is 4.90 Å². The van der Waals surface area contributed by atoms with Crippen LogP contribution in [0.3, 0.4) is 0 Å². The second-order valence-corrected chi connectivity index (χ2v) is 11.0. The van der Waals surface area contributed by atoms with Gasteiger partial charge in [-0.25, -0.2) is 13.4 Å². The maximum atomic E-state index is 13.0. The summed E-state index contributed by atoms with van der Waals surface area (Å²) in [6.07, 6.45) is 0.790. The Morgan fingerprint density at radius 3 is 2.48 bits per heavy atom. The number of rotatable bonds is 4. The second-order valence-electron chi connectivity index (χ2n) is 7.42. The van der Waals surface area contributed by atoms with E-state index in [-0.39, 0.29) is 10.8 Å². The molecule has 2 aromatic carbocycles. The predicted octanol–water partition coefficient (Wildman–Crippen LogP) is 4.50. The van der Waals surface area contributed by atoms with E-state index in [0.29, 0.717) is 12.1 Å². The molecule has 1 amide bonds. The lowest BCUT2D eigenvalue weighted by atomic mass is 10.1. The lowest BCUT2D eigenvalue weighted by Gasteiger charge is -2.18. The van der Waals surface area contributed by atoms with Gasteiger partial charge in [0.05, 0.1) is 20.8 Å². The lowest BCUT2D eigenvalue weighted by Crippen LogP contribution is -2.28. The van der Waals surface area contributed by atoms with Crippen molar-refractivity contribution in [1.29, 1.82) is 0 Å². The number of benzene rings is 2. The van der Waals surface area contributed by atoms with Gasteiger partial charge in [0, 0.05) is 28.7 Å². The van der Waals surface area contributed by atoms with E-state index in [1.54, 1.807) is 42.2 Å². The van der Waals surface area contributed by atoms with Crippen LogP contribution in [0.25, 0.3) is 11.3 Å². The first-order valence-corrected chi connectivity index (χ1v) is 11.9. The van der Waals surface area contributed by atoms with Crippen molar-refractivity contribution in [3.63, 3.8) is 0 Å². The first-order chi connectivity index (χ1) is 13.8. The van der Waals surface area contributed by atoms with Gasteiger partial charge in [-0.15, -0.1) is 11.3 Å². The monoisotopic (exact) mass is 426 g/mol. The molecule has 1 aliphatic heterocycles. The largest absolute Gasteiger partial charge is 0.308 e. The number of carbonyl (C=O) groups is 1. The molecular formula is C22H22N2O3S2. The molecule has 0 N–H and O–H groups in total. The maximum Gasteiger partial charge on any atom is 0.258 e. The molecule has 1 aliphatic rings. The first kappa shape index (κ1) is 19.8. The molecule has 0 atom stereocenters. The molecule has 0 fully saturated rings. The van der Waals surface area contributed by atoms with Crippen LogP contribution in [0.2, 0.25) is 0 Å². The molecule has 2 heterocycles. The van der Waals surface area contributed by atoms with Gasteiger partial charge >= 0.3 is 0 Å². The highest BCUT2D eigenvalue weighted by Gasteiger charge is 2.27. The number of hydrogen-bond acceptors (Lipinski definition) is 5. The third kappa shape index (κ3) is 3.60. The van der Waals surface area contributed by atoms with E-state index in [9.17, 15) is 13.2 Å². The number of fused-ring (bicyclic) bond motifs is 1. The van der Waals surface area contributed by atoms with E-state index in [1.807, 2.05) is 24.4 Å².